The van der Waals surface area contributed by atoms with Gasteiger partial charge >= 0.3 is 0 Å². The molecule has 0 aliphatic carbocycles. The van der Waals surface area contributed by atoms with E-state index in [2.05, 4.69) is 26.6 Å². The average Bonchev–Trinajstić information content (AvgIpc) is 3.57. The number of unbranched alkanes of at least 4 members (excludes halogenated alkanes) is 6. The number of aromatic hydroxyl groups is 1. The molecule has 4 aliphatic rings. The number of alkyl halides is 1. The van der Waals surface area contributed by atoms with Gasteiger partial charge in [-0.1, -0.05) is 47.3 Å². The molecule has 0 spiro atoms. The Kier molecular flexibility index (Phi) is 16.0. The van der Waals surface area contributed by atoms with Crippen LogP contribution < -0.4 is 15.4 Å². The third-order valence-corrected chi connectivity index (χ3v) is 9.79. The first kappa shape index (κ1) is 42.7. The number of aliphatic hydroxyl groups excluding tert-OH is 2. The summed E-state index contributed by atoms with van der Waals surface area (Å²) in [4.78, 5) is 98.1. The molecule has 17 heteroatoms. The number of phenolic OH excluding ortho intramolecular Hbond substituents is 1. The number of nitrogens with zero attached hydrogens (tertiary/aromatic N) is 2. The quantitative estimate of drug-likeness (QED) is 0.105. The van der Waals surface area contributed by atoms with Gasteiger partial charge in [-0.3, -0.25) is 58.8 Å². The van der Waals surface area contributed by atoms with Crippen molar-refractivity contribution >= 4 is 63.2 Å². The fourth-order valence-electron chi connectivity index (χ4n) is 6.41. The van der Waals surface area contributed by atoms with Crippen molar-refractivity contribution in [3.05, 3.63) is 58.7 Å². The Morgan fingerprint density at radius 1 is 0.618 bits per heavy atom. The van der Waals surface area contributed by atoms with Gasteiger partial charge in [-0.15, -0.1) is 0 Å². The minimum absolute atomic E-state index is 0.0653. The van der Waals surface area contributed by atoms with Gasteiger partial charge in [0.05, 0.1) is 28.9 Å². The normalized spacial score (nSPS) is 18.9. The summed E-state index contributed by atoms with van der Waals surface area (Å²) in [6.07, 6.45) is 8.28. The first-order valence-electron chi connectivity index (χ1n) is 18.2. The second kappa shape index (κ2) is 20.6. The van der Waals surface area contributed by atoms with E-state index in [1.54, 1.807) is 12.1 Å². The van der Waals surface area contributed by atoms with Gasteiger partial charge in [0.15, 0.2) is 0 Å². The van der Waals surface area contributed by atoms with Crippen LogP contribution in [-0.4, -0.2) is 110 Å². The van der Waals surface area contributed by atoms with Gasteiger partial charge in [0.25, 0.3) is 23.6 Å². The van der Waals surface area contributed by atoms with Gasteiger partial charge in [0.1, 0.15) is 23.6 Å². The first-order valence-corrected chi connectivity index (χ1v) is 19.4. The molecule has 4 heterocycles. The highest BCUT2D eigenvalue weighted by Gasteiger charge is 2.47. The second-order valence-electron chi connectivity index (χ2n) is 13.1. The van der Waals surface area contributed by atoms with Crippen LogP contribution in [-0.2, 0) is 19.2 Å². The van der Waals surface area contributed by atoms with E-state index in [4.69, 9.17) is 14.9 Å². The zero-order valence-corrected chi connectivity index (χ0v) is 31.8. The molecule has 2 saturated heterocycles. The lowest BCUT2D eigenvalue weighted by atomic mass is 10.0. The van der Waals surface area contributed by atoms with E-state index >= 15 is 0 Å². The van der Waals surface area contributed by atoms with E-state index in [0.717, 1.165) is 47.2 Å². The largest absolute Gasteiger partial charge is 0.507 e. The smallest absolute Gasteiger partial charge is 0.266 e. The number of carbonyl (C=O) groups is 8. The lowest BCUT2D eigenvalue weighted by molar-refractivity contribution is -0.137. The molecule has 0 bridgehead atoms. The number of rotatable bonds is 14. The van der Waals surface area contributed by atoms with Crippen LogP contribution >= 0.6 is 15.9 Å². The molecule has 5 N–H and O–H groups in total. The molecule has 2 aromatic carbocycles. The van der Waals surface area contributed by atoms with Crippen LogP contribution in [0.5, 0.6) is 11.5 Å². The number of amides is 8. The molecule has 2 atom stereocenters. The monoisotopic (exact) mass is 828 g/mol. The number of aliphatic hydroxyl groups is 2. The Bertz CT molecular complexity index is 1790. The van der Waals surface area contributed by atoms with E-state index in [1.807, 2.05) is 0 Å². The predicted molar refractivity (Wildman–Crippen MR) is 198 cm³/mol. The molecule has 6 rings (SSSR count). The number of ether oxygens (including phenoxy) is 1. The molecule has 2 aromatic rings. The SMILES string of the molecule is O=C1CCC(N2C(=O)c3cccc(O)c3C2=O)C(=O)N1.O=C1CCC(N2C(=O)c3cccc(OCCCCCCO)c3C2=O)C(=O)N1.OCCCCCCBr. The Hall–Kier alpha value is -5.00. The predicted octanol–water partition coefficient (Wildman–Crippen LogP) is 2.75. The van der Waals surface area contributed by atoms with Crippen LogP contribution in [0.2, 0.25) is 0 Å². The summed E-state index contributed by atoms with van der Waals surface area (Å²) in [5.74, 6) is -4.56. The van der Waals surface area contributed by atoms with Crippen LogP contribution in [0.4, 0.5) is 0 Å². The molecule has 296 valence electrons. The highest BCUT2D eigenvalue weighted by atomic mass is 79.9. The van der Waals surface area contributed by atoms with Crippen molar-refractivity contribution in [2.75, 3.05) is 25.2 Å². The standard InChI is InChI=1S/C19H22N2O6.C13H10N2O5.C6H13BrO/c22-10-3-1-2-4-11-27-14-7-5-6-12-16(14)19(26)21(18(12)25)13-8-9-15(23)20-17(13)24;16-8-3-1-2-6-10(8)13(20)15(12(6)19)7-4-5-9(17)14-11(7)18;7-5-3-1-2-4-6-8/h5-7,13,22H,1-4,8-11H2,(H,20,23,24);1-3,7,16H,4-5H2,(H,14,17,18);8H,1-6H2. The Balaban J connectivity index is 0.000000210. The van der Waals surface area contributed by atoms with Crippen molar-refractivity contribution in [1.29, 1.82) is 0 Å². The minimum Gasteiger partial charge on any atom is -0.507 e. The molecule has 8 amide bonds. The van der Waals surface area contributed by atoms with Crippen molar-refractivity contribution in [3.8, 4) is 11.5 Å². The van der Waals surface area contributed by atoms with Crippen molar-refractivity contribution in [3.63, 3.8) is 0 Å². The van der Waals surface area contributed by atoms with Gasteiger partial charge in [0, 0.05) is 31.4 Å². The average molecular weight is 830 g/mol. The third kappa shape index (κ3) is 10.4. The number of hydrogen-bond donors (Lipinski definition) is 5. The first-order chi connectivity index (χ1) is 26.5. The van der Waals surface area contributed by atoms with Crippen molar-refractivity contribution < 1.29 is 58.4 Å². The maximum atomic E-state index is 12.9. The van der Waals surface area contributed by atoms with Crippen molar-refractivity contribution in [2.45, 2.75) is 89.1 Å². The third-order valence-electron chi connectivity index (χ3n) is 9.23. The number of hydrogen-bond acceptors (Lipinski definition) is 12. The van der Waals surface area contributed by atoms with Crippen molar-refractivity contribution in [1.82, 2.24) is 20.4 Å². The van der Waals surface area contributed by atoms with E-state index < -0.39 is 59.3 Å². The highest BCUT2D eigenvalue weighted by Crippen LogP contribution is 2.34. The Morgan fingerprint density at radius 3 is 1.58 bits per heavy atom. The molecule has 0 saturated carbocycles. The highest BCUT2D eigenvalue weighted by molar-refractivity contribution is 9.09. The molecule has 16 nitrogen and oxygen atoms in total. The molecule has 55 heavy (non-hydrogen) atoms. The maximum Gasteiger partial charge on any atom is 0.266 e. The summed E-state index contributed by atoms with van der Waals surface area (Å²) in [6, 6.07) is 6.98. The van der Waals surface area contributed by atoms with Gasteiger partial charge in [-0.25, -0.2) is 0 Å². The van der Waals surface area contributed by atoms with Gasteiger partial charge < -0.3 is 20.1 Å². The van der Waals surface area contributed by atoms with E-state index in [1.165, 1.54) is 43.5 Å². The lowest BCUT2D eigenvalue weighted by Crippen LogP contribution is -2.54. The molecule has 0 radical (unpaired) electrons. The van der Waals surface area contributed by atoms with E-state index in [-0.39, 0.29) is 60.3 Å². The molecular weight excluding hydrogens is 784 g/mol. The number of carbonyl (C=O) groups excluding carboxylic acids is 8. The molecule has 0 aromatic heterocycles. The zero-order valence-electron chi connectivity index (χ0n) is 30.2. The topological polar surface area (TPSA) is 237 Å². The Labute approximate surface area is 325 Å². The molecule has 2 fully saturated rings. The number of imide groups is 4. The van der Waals surface area contributed by atoms with E-state index in [0.29, 0.717) is 19.0 Å². The van der Waals surface area contributed by atoms with E-state index in [9.17, 15) is 43.5 Å². The molecule has 2 unspecified atom stereocenters. The van der Waals surface area contributed by atoms with Crippen LogP contribution in [0.15, 0.2) is 36.4 Å². The number of halogens is 1. The Morgan fingerprint density at radius 2 is 1.09 bits per heavy atom. The number of benzene rings is 2. The fourth-order valence-corrected chi connectivity index (χ4v) is 6.81. The summed E-state index contributed by atoms with van der Waals surface area (Å²) < 4.78 is 5.71. The number of phenols is 1. The summed E-state index contributed by atoms with van der Waals surface area (Å²) in [6.45, 7) is 0.907. The van der Waals surface area contributed by atoms with Gasteiger partial charge in [0.2, 0.25) is 23.6 Å². The maximum absolute atomic E-state index is 12.9. The second-order valence-corrected chi connectivity index (χ2v) is 13.9. The summed E-state index contributed by atoms with van der Waals surface area (Å²) in [5, 5.41) is 32.2. The lowest BCUT2D eigenvalue weighted by Gasteiger charge is -2.27. The summed E-state index contributed by atoms with van der Waals surface area (Å²) >= 11 is 3.34. The summed E-state index contributed by atoms with van der Waals surface area (Å²) in [5.41, 5.74) is 0.354. The van der Waals surface area contributed by atoms with Crippen LogP contribution in [0.25, 0.3) is 0 Å². The van der Waals surface area contributed by atoms with Gasteiger partial charge in [-0.05, 0) is 69.2 Å². The van der Waals surface area contributed by atoms with Crippen molar-refractivity contribution in [2.24, 2.45) is 0 Å². The number of nitrogens with one attached hydrogen (secondary N) is 2. The van der Waals surface area contributed by atoms with Gasteiger partial charge in [-0.2, -0.15) is 0 Å². The summed E-state index contributed by atoms with van der Waals surface area (Å²) in [7, 11) is 0. The molecule has 4 aliphatic heterocycles. The number of piperidine rings is 2. The van der Waals surface area contributed by atoms with Crippen LogP contribution in [0.1, 0.15) is 118 Å². The van der Waals surface area contributed by atoms with Crippen LogP contribution in [0, 0.1) is 0 Å². The minimum atomic E-state index is -1.01. The number of fused-ring (bicyclic) bond motifs is 2. The zero-order chi connectivity index (χ0) is 40.1. The van der Waals surface area contributed by atoms with Crippen LogP contribution in [0.3, 0.4) is 0 Å². The molecular formula is C38H45BrN4O12. The fraction of sp³-hybridized carbons (Fsp3) is 0.474.